The number of fused-ring (bicyclic) bond motifs is 1. The van der Waals surface area contributed by atoms with E-state index in [1.807, 2.05) is 48.5 Å². The van der Waals surface area contributed by atoms with Crippen LogP contribution in [-0.4, -0.2) is 38.7 Å². The van der Waals surface area contributed by atoms with E-state index in [0.717, 1.165) is 26.9 Å². The number of halogens is 1. The Morgan fingerprint density at radius 3 is 2.44 bits per heavy atom. The molecule has 0 saturated carbocycles. The lowest BCUT2D eigenvalue weighted by molar-refractivity contribution is -0.143. The van der Waals surface area contributed by atoms with Gasteiger partial charge in [-0.2, -0.15) is 0 Å². The summed E-state index contributed by atoms with van der Waals surface area (Å²) >= 11 is 3.60. The van der Waals surface area contributed by atoms with Crippen LogP contribution in [0.2, 0.25) is 0 Å². The van der Waals surface area contributed by atoms with E-state index >= 15 is 0 Å². The standard InChI is InChI=1S/C25H25BrN2O4/c1-30-18-10-11-19(22(14-18)31-2)25-27-21-12-9-17(26)13-20(21)24(16-7-5-4-6-8-16)28(25)15-23(29)32-3/h4-14,24-25,27H,15H2,1-3H3/t24-,25-/m0/s1. The van der Waals surface area contributed by atoms with Gasteiger partial charge in [0.25, 0.3) is 0 Å². The van der Waals surface area contributed by atoms with Crippen molar-refractivity contribution in [1.82, 2.24) is 4.90 Å². The summed E-state index contributed by atoms with van der Waals surface area (Å²) < 4.78 is 17.1. The molecule has 0 saturated heterocycles. The lowest BCUT2D eigenvalue weighted by Gasteiger charge is -2.44. The number of ether oxygens (including phenoxy) is 3. The number of rotatable bonds is 6. The van der Waals surface area contributed by atoms with Crippen LogP contribution in [0.15, 0.2) is 71.2 Å². The fourth-order valence-corrected chi connectivity index (χ4v) is 4.53. The van der Waals surface area contributed by atoms with Gasteiger partial charge in [-0.3, -0.25) is 9.69 Å². The second-order valence-electron chi connectivity index (χ2n) is 7.45. The molecule has 4 rings (SSSR count). The van der Waals surface area contributed by atoms with Crippen molar-refractivity contribution in [1.29, 1.82) is 0 Å². The number of hydrogen-bond acceptors (Lipinski definition) is 6. The first-order valence-corrected chi connectivity index (χ1v) is 11.0. The third-order valence-electron chi connectivity index (χ3n) is 5.65. The van der Waals surface area contributed by atoms with Crippen LogP contribution in [-0.2, 0) is 9.53 Å². The van der Waals surface area contributed by atoms with Gasteiger partial charge in [-0.05, 0) is 41.5 Å². The van der Waals surface area contributed by atoms with E-state index in [9.17, 15) is 4.79 Å². The van der Waals surface area contributed by atoms with Crippen LogP contribution in [0.1, 0.15) is 28.9 Å². The molecule has 0 spiro atoms. The van der Waals surface area contributed by atoms with Crippen molar-refractivity contribution in [3.05, 3.63) is 87.9 Å². The Bertz CT molecular complexity index is 1110. The molecule has 0 aliphatic carbocycles. The van der Waals surface area contributed by atoms with E-state index in [0.29, 0.717) is 11.5 Å². The summed E-state index contributed by atoms with van der Waals surface area (Å²) in [5.74, 6) is 1.05. The van der Waals surface area contributed by atoms with Gasteiger partial charge in [-0.15, -0.1) is 0 Å². The molecule has 0 radical (unpaired) electrons. The summed E-state index contributed by atoms with van der Waals surface area (Å²) in [4.78, 5) is 14.6. The van der Waals surface area contributed by atoms with Gasteiger partial charge in [0.15, 0.2) is 0 Å². The number of anilines is 1. The van der Waals surface area contributed by atoms with Crippen molar-refractivity contribution >= 4 is 27.6 Å². The summed E-state index contributed by atoms with van der Waals surface area (Å²) in [6.45, 7) is 0.0921. The van der Waals surface area contributed by atoms with Crippen molar-refractivity contribution in [2.24, 2.45) is 0 Å². The number of methoxy groups -OCH3 is 3. The molecule has 0 fully saturated rings. The number of hydrogen-bond donors (Lipinski definition) is 1. The molecular formula is C25H25BrN2O4. The predicted octanol–water partition coefficient (Wildman–Crippen LogP) is 5.16. The third kappa shape index (κ3) is 4.31. The molecule has 0 amide bonds. The smallest absolute Gasteiger partial charge is 0.319 e. The van der Waals surface area contributed by atoms with Gasteiger partial charge >= 0.3 is 5.97 Å². The first-order chi connectivity index (χ1) is 15.5. The molecular weight excluding hydrogens is 472 g/mol. The minimum absolute atomic E-state index is 0.0921. The van der Waals surface area contributed by atoms with E-state index in [4.69, 9.17) is 14.2 Å². The zero-order chi connectivity index (χ0) is 22.7. The summed E-state index contributed by atoms with van der Waals surface area (Å²) in [6.07, 6.45) is -0.339. The Kier molecular flexibility index (Phi) is 6.67. The number of carbonyl (C=O) groups is 1. The second-order valence-corrected chi connectivity index (χ2v) is 8.36. The largest absolute Gasteiger partial charge is 0.497 e. The lowest BCUT2D eigenvalue weighted by atomic mass is 9.91. The van der Waals surface area contributed by atoms with Crippen molar-refractivity contribution < 1.29 is 19.0 Å². The summed E-state index contributed by atoms with van der Waals surface area (Å²) in [5, 5.41) is 3.61. The Morgan fingerprint density at radius 1 is 0.969 bits per heavy atom. The van der Waals surface area contributed by atoms with E-state index in [-0.39, 0.29) is 24.7 Å². The summed E-state index contributed by atoms with van der Waals surface area (Å²) in [7, 11) is 4.66. The maximum Gasteiger partial charge on any atom is 0.319 e. The average Bonchev–Trinajstić information content (AvgIpc) is 2.83. The highest BCUT2D eigenvalue weighted by Gasteiger charge is 2.38. The lowest BCUT2D eigenvalue weighted by Crippen LogP contribution is -2.44. The van der Waals surface area contributed by atoms with Crippen molar-refractivity contribution in [2.75, 3.05) is 33.2 Å². The van der Waals surface area contributed by atoms with Crippen LogP contribution < -0.4 is 14.8 Å². The number of carbonyl (C=O) groups excluding carboxylic acids is 1. The molecule has 1 heterocycles. The molecule has 0 unspecified atom stereocenters. The number of nitrogens with zero attached hydrogens (tertiary/aromatic N) is 1. The van der Waals surface area contributed by atoms with E-state index < -0.39 is 0 Å². The molecule has 2 atom stereocenters. The van der Waals surface area contributed by atoms with Gasteiger partial charge < -0.3 is 19.5 Å². The maximum atomic E-state index is 12.5. The molecule has 166 valence electrons. The second kappa shape index (κ2) is 9.63. The molecule has 7 heteroatoms. The average molecular weight is 497 g/mol. The third-order valence-corrected chi connectivity index (χ3v) is 6.15. The van der Waals surface area contributed by atoms with Gasteiger partial charge in [0, 0.05) is 21.8 Å². The van der Waals surface area contributed by atoms with Gasteiger partial charge in [0.1, 0.15) is 17.7 Å². The first kappa shape index (κ1) is 22.2. The molecule has 6 nitrogen and oxygen atoms in total. The Balaban J connectivity index is 1.91. The fraction of sp³-hybridized carbons (Fsp3) is 0.240. The normalized spacial score (nSPS) is 17.8. The molecule has 0 aromatic heterocycles. The van der Waals surface area contributed by atoms with Crippen molar-refractivity contribution in [2.45, 2.75) is 12.2 Å². The number of nitrogens with one attached hydrogen (secondary N) is 1. The molecule has 1 aliphatic heterocycles. The van der Waals surface area contributed by atoms with E-state index in [1.54, 1.807) is 14.2 Å². The molecule has 1 aliphatic rings. The molecule has 0 bridgehead atoms. The highest BCUT2D eigenvalue weighted by molar-refractivity contribution is 9.10. The minimum Gasteiger partial charge on any atom is -0.497 e. The van der Waals surface area contributed by atoms with Gasteiger partial charge in [-0.1, -0.05) is 46.3 Å². The first-order valence-electron chi connectivity index (χ1n) is 10.2. The summed E-state index contributed by atoms with van der Waals surface area (Å²) in [6, 6.07) is 21.8. The highest BCUT2D eigenvalue weighted by Crippen LogP contribution is 2.46. The van der Waals surface area contributed by atoms with E-state index in [1.165, 1.54) is 7.11 Å². The summed E-state index contributed by atoms with van der Waals surface area (Å²) in [5.41, 5.74) is 4.03. The van der Waals surface area contributed by atoms with Gasteiger partial charge in [0.2, 0.25) is 0 Å². The van der Waals surface area contributed by atoms with Crippen LogP contribution in [0, 0.1) is 0 Å². The van der Waals surface area contributed by atoms with Crippen LogP contribution in [0.4, 0.5) is 5.69 Å². The van der Waals surface area contributed by atoms with Crippen molar-refractivity contribution in [3.63, 3.8) is 0 Å². The Hall–Kier alpha value is -3.03. The molecule has 3 aromatic rings. The number of esters is 1. The zero-order valence-electron chi connectivity index (χ0n) is 18.2. The number of benzene rings is 3. The zero-order valence-corrected chi connectivity index (χ0v) is 19.8. The minimum atomic E-state index is -0.339. The van der Waals surface area contributed by atoms with Crippen LogP contribution in [0.5, 0.6) is 11.5 Å². The SMILES string of the molecule is COC(=O)CN1[C@@H](c2ccccc2)c2cc(Br)ccc2N[C@@H]1c1ccc(OC)cc1OC. The highest BCUT2D eigenvalue weighted by atomic mass is 79.9. The fourth-order valence-electron chi connectivity index (χ4n) is 4.15. The Morgan fingerprint density at radius 2 is 1.75 bits per heavy atom. The molecule has 3 aromatic carbocycles. The molecule has 32 heavy (non-hydrogen) atoms. The predicted molar refractivity (Wildman–Crippen MR) is 127 cm³/mol. The maximum absolute atomic E-state index is 12.5. The van der Waals surface area contributed by atoms with Gasteiger partial charge in [-0.25, -0.2) is 0 Å². The van der Waals surface area contributed by atoms with E-state index in [2.05, 4.69) is 44.3 Å². The Labute approximate surface area is 196 Å². The van der Waals surface area contributed by atoms with Gasteiger partial charge in [0.05, 0.1) is 33.9 Å². The van der Waals surface area contributed by atoms with Crippen molar-refractivity contribution in [3.8, 4) is 11.5 Å². The van der Waals surface area contributed by atoms with Crippen LogP contribution in [0.25, 0.3) is 0 Å². The monoisotopic (exact) mass is 496 g/mol. The molecule has 1 N–H and O–H groups in total. The van der Waals surface area contributed by atoms with Crippen LogP contribution >= 0.6 is 15.9 Å². The quantitative estimate of drug-likeness (QED) is 0.476. The van der Waals surface area contributed by atoms with Crippen LogP contribution in [0.3, 0.4) is 0 Å². The topological polar surface area (TPSA) is 60.0 Å².